The third kappa shape index (κ3) is 6.07. The summed E-state index contributed by atoms with van der Waals surface area (Å²) in [6, 6.07) is -1.45. The van der Waals surface area contributed by atoms with Crippen LogP contribution in [0.3, 0.4) is 0 Å². The number of nitrogens with zero attached hydrogens (tertiary/aromatic N) is 1. The molecular formula is C21H37N3O5. The fourth-order valence-electron chi connectivity index (χ4n) is 4.20. The Morgan fingerprint density at radius 1 is 1.21 bits per heavy atom. The maximum atomic E-state index is 13.2. The van der Waals surface area contributed by atoms with Crippen LogP contribution in [0.1, 0.15) is 66.7 Å². The van der Waals surface area contributed by atoms with E-state index < -0.39 is 35.8 Å². The van der Waals surface area contributed by atoms with E-state index in [4.69, 9.17) is 10.5 Å². The van der Waals surface area contributed by atoms with Gasteiger partial charge >= 0.3 is 6.09 Å². The van der Waals surface area contributed by atoms with E-state index in [0.717, 1.165) is 19.3 Å². The van der Waals surface area contributed by atoms with Gasteiger partial charge in [0.05, 0.1) is 6.04 Å². The number of carbonyl (C=O) groups excluding carboxylic acids is 3. The molecule has 1 aliphatic carbocycles. The summed E-state index contributed by atoms with van der Waals surface area (Å²) in [7, 11) is 0. The van der Waals surface area contributed by atoms with E-state index in [2.05, 4.69) is 5.32 Å². The van der Waals surface area contributed by atoms with Gasteiger partial charge in [-0.1, -0.05) is 33.1 Å². The molecule has 0 aromatic rings. The Balaban J connectivity index is 2.18. The van der Waals surface area contributed by atoms with Crippen LogP contribution in [0.15, 0.2) is 0 Å². The van der Waals surface area contributed by atoms with Gasteiger partial charge in [-0.2, -0.15) is 0 Å². The summed E-state index contributed by atoms with van der Waals surface area (Å²) >= 11 is 0. The Bertz CT molecular complexity index is 612. The van der Waals surface area contributed by atoms with Gasteiger partial charge in [-0.3, -0.25) is 14.5 Å². The molecule has 1 aliphatic heterocycles. The third-order valence-electron chi connectivity index (χ3n) is 6.01. The first-order valence-corrected chi connectivity index (χ1v) is 10.7. The molecule has 3 amide bonds. The highest BCUT2D eigenvalue weighted by Gasteiger charge is 2.45. The zero-order valence-corrected chi connectivity index (χ0v) is 18.3. The summed E-state index contributed by atoms with van der Waals surface area (Å²) in [6.45, 7) is 9.83. The van der Waals surface area contributed by atoms with Crippen LogP contribution in [0.2, 0.25) is 0 Å². The molecule has 0 aromatic carbocycles. The highest BCUT2D eigenvalue weighted by molar-refractivity contribution is 5.88. The topological polar surface area (TPSA) is 122 Å². The molecule has 0 aromatic heterocycles. The standard InChI is InChI=1S/C21H37N3O5/c1-12(2)14-9-10-24(20(28)29-21(3,4)5)16(14)19(27)23-15(17(25)18(22)26)11-13-7-6-8-13/h12-17,25H,6-11H2,1-5H3,(H2,22,26)(H,23,27)/t14-,15?,16+,17?/m1/s1. The average Bonchev–Trinajstić information content (AvgIpc) is 2.99. The lowest BCUT2D eigenvalue weighted by Gasteiger charge is -2.35. The minimum absolute atomic E-state index is 0.0300. The van der Waals surface area contributed by atoms with E-state index in [1.807, 2.05) is 13.8 Å². The molecule has 29 heavy (non-hydrogen) atoms. The molecule has 0 spiro atoms. The van der Waals surface area contributed by atoms with Gasteiger partial charge in [0.2, 0.25) is 11.8 Å². The average molecular weight is 412 g/mol. The lowest BCUT2D eigenvalue weighted by atomic mass is 9.79. The Morgan fingerprint density at radius 3 is 2.28 bits per heavy atom. The van der Waals surface area contributed by atoms with Gasteiger partial charge in [-0.15, -0.1) is 0 Å². The predicted octanol–water partition coefficient (Wildman–Crippen LogP) is 1.79. The van der Waals surface area contributed by atoms with Gasteiger partial charge in [0.25, 0.3) is 0 Å². The van der Waals surface area contributed by atoms with E-state index in [-0.39, 0.29) is 17.7 Å². The summed E-state index contributed by atoms with van der Waals surface area (Å²) in [5.74, 6) is -0.704. The van der Waals surface area contributed by atoms with Crippen molar-refractivity contribution >= 4 is 17.9 Å². The van der Waals surface area contributed by atoms with E-state index in [1.165, 1.54) is 4.90 Å². The highest BCUT2D eigenvalue weighted by atomic mass is 16.6. The Labute approximate surface area is 173 Å². The predicted molar refractivity (Wildman–Crippen MR) is 109 cm³/mol. The molecular weight excluding hydrogens is 374 g/mol. The first-order valence-electron chi connectivity index (χ1n) is 10.7. The molecule has 2 fully saturated rings. The van der Waals surface area contributed by atoms with Gasteiger partial charge in [0.1, 0.15) is 11.6 Å². The summed E-state index contributed by atoms with van der Waals surface area (Å²) in [5.41, 5.74) is 4.63. The molecule has 1 saturated carbocycles. The van der Waals surface area contributed by atoms with Crippen LogP contribution in [0.25, 0.3) is 0 Å². The van der Waals surface area contributed by atoms with Gasteiger partial charge < -0.3 is 20.9 Å². The molecule has 0 radical (unpaired) electrons. The molecule has 2 aliphatic rings. The van der Waals surface area contributed by atoms with Crippen molar-refractivity contribution < 1.29 is 24.2 Å². The summed E-state index contributed by atoms with van der Waals surface area (Å²) < 4.78 is 5.50. The van der Waals surface area contributed by atoms with E-state index in [0.29, 0.717) is 25.3 Å². The Morgan fingerprint density at radius 2 is 1.83 bits per heavy atom. The Kier molecular flexibility index (Phi) is 7.54. The largest absolute Gasteiger partial charge is 0.444 e. The second-order valence-electron chi connectivity index (χ2n) is 9.81. The van der Waals surface area contributed by atoms with E-state index >= 15 is 0 Å². The quantitative estimate of drug-likeness (QED) is 0.589. The lowest BCUT2D eigenvalue weighted by Crippen LogP contribution is -2.57. The van der Waals surface area contributed by atoms with Crippen LogP contribution in [-0.4, -0.2) is 58.2 Å². The lowest BCUT2D eigenvalue weighted by molar-refractivity contribution is -0.132. The number of aliphatic hydroxyl groups excluding tert-OH is 1. The van der Waals surface area contributed by atoms with Crippen LogP contribution in [0.5, 0.6) is 0 Å². The molecule has 4 N–H and O–H groups in total. The molecule has 166 valence electrons. The molecule has 4 atom stereocenters. The normalized spacial score (nSPS) is 24.7. The number of amides is 3. The summed E-state index contributed by atoms with van der Waals surface area (Å²) in [4.78, 5) is 39.0. The first kappa shape index (κ1) is 23.4. The van der Waals surface area contributed by atoms with Crippen molar-refractivity contribution in [2.75, 3.05) is 6.54 Å². The van der Waals surface area contributed by atoms with Crippen molar-refractivity contribution in [1.29, 1.82) is 0 Å². The van der Waals surface area contributed by atoms with Crippen molar-refractivity contribution in [2.24, 2.45) is 23.5 Å². The van der Waals surface area contributed by atoms with Crippen molar-refractivity contribution in [1.82, 2.24) is 10.2 Å². The van der Waals surface area contributed by atoms with Crippen LogP contribution >= 0.6 is 0 Å². The number of nitrogens with two attached hydrogens (primary N) is 1. The first-order chi connectivity index (χ1) is 13.4. The molecule has 2 unspecified atom stereocenters. The van der Waals surface area contributed by atoms with Crippen LogP contribution < -0.4 is 11.1 Å². The highest BCUT2D eigenvalue weighted by Crippen LogP contribution is 2.34. The summed E-state index contributed by atoms with van der Waals surface area (Å²) in [5, 5.41) is 13.1. The van der Waals surface area contributed by atoms with Crippen LogP contribution in [0, 0.1) is 17.8 Å². The minimum Gasteiger partial charge on any atom is -0.444 e. The number of primary amides is 1. The van der Waals surface area contributed by atoms with Crippen molar-refractivity contribution in [3.8, 4) is 0 Å². The van der Waals surface area contributed by atoms with Crippen molar-refractivity contribution in [3.63, 3.8) is 0 Å². The number of ether oxygens (including phenoxy) is 1. The zero-order valence-electron chi connectivity index (χ0n) is 18.3. The van der Waals surface area contributed by atoms with Gasteiger partial charge in [-0.25, -0.2) is 4.79 Å². The number of likely N-dealkylation sites (tertiary alicyclic amines) is 1. The summed E-state index contributed by atoms with van der Waals surface area (Å²) in [6.07, 6.45) is 2.37. The molecule has 8 nitrogen and oxygen atoms in total. The second kappa shape index (κ2) is 9.32. The number of aliphatic hydroxyl groups is 1. The second-order valence-corrected chi connectivity index (χ2v) is 9.81. The smallest absolute Gasteiger partial charge is 0.410 e. The molecule has 1 saturated heterocycles. The number of rotatable bonds is 7. The van der Waals surface area contributed by atoms with E-state index in [9.17, 15) is 19.5 Å². The molecule has 8 heteroatoms. The Hall–Kier alpha value is -1.83. The number of nitrogens with one attached hydrogen (secondary N) is 1. The van der Waals surface area contributed by atoms with Gasteiger partial charge in [0.15, 0.2) is 6.10 Å². The number of hydrogen-bond acceptors (Lipinski definition) is 5. The van der Waals surface area contributed by atoms with Crippen LogP contribution in [-0.2, 0) is 14.3 Å². The monoisotopic (exact) mass is 411 g/mol. The zero-order chi connectivity index (χ0) is 21.9. The minimum atomic E-state index is -1.45. The SMILES string of the molecule is CC(C)[C@H]1CCN(C(=O)OC(C)(C)C)[C@@H]1C(=O)NC(CC1CCC1)C(O)C(N)=O. The molecule has 1 heterocycles. The van der Waals surface area contributed by atoms with Crippen molar-refractivity contribution in [2.45, 2.75) is 90.5 Å². The maximum absolute atomic E-state index is 13.2. The fourth-order valence-corrected chi connectivity index (χ4v) is 4.20. The van der Waals surface area contributed by atoms with Crippen LogP contribution in [0.4, 0.5) is 4.79 Å². The van der Waals surface area contributed by atoms with Crippen molar-refractivity contribution in [3.05, 3.63) is 0 Å². The fraction of sp³-hybridized carbons (Fsp3) is 0.857. The van der Waals surface area contributed by atoms with Gasteiger partial charge in [0, 0.05) is 6.54 Å². The maximum Gasteiger partial charge on any atom is 0.410 e. The third-order valence-corrected chi connectivity index (χ3v) is 6.01. The number of hydrogen-bond donors (Lipinski definition) is 3. The van der Waals surface area contributed by atoms with Gasteiger partial charge in [-0.05, 0) is 51.4 Å². The van der Waals surface area contributed by atoms with E-state index in [1.54, 1.807) is 20.8 Å². The molecule has 0 bridgehead atoms. The number of carbonyl (C=O) groups is 3. The molecule has 2 rings (SSSR count).